The molecule has 3 unspecified atom stereocenters. The molecule has 100 valence electrons. The molecule has 3 nitrogen and oxygen atoms in total. The fourth-order valence-corrected chi connectivity index (χ4v) is 4.09. The van der Waals surface area contributed by atoms with Crippen LogP contribution >= 0.6 is 11.6 Å². The van der Waals surface area contributed by atoms with E-state index in [2.05, 4.69) is 5.10 Å². The van der Waals surface area contributed by atoms with Crippen molar-refractivity contribution >= 4 is 11.6 Å². The first-order chi connectivity index (χ1) is 8.59. The van der Waals surface area contributed by atoms with Gasteiger partial charge in [-0.2, -0.15) is 5.10 Å². The van der Waals surface area contributed by atoms with Crippen LogP contribution in [0.25, 0.3) is 0 Å². The molecule has 0 radical (unpaired) electrons. The van der Waals surface area contributed by atoms with Crippen LogP contribution in [0.1, 0.15) is 37.1 Å². The van der Waals surface area contributed by atoms with E-state index < -0.39 is 0 Å². The molecule has 0 aliphatic heterocycles. The van der Waals surface area contributed by atoms with E-state index in [0.717, 1.165) is 28.2 Å². The van der Waals surface area contributed by atoms with Gasteiger partial charge in [0.1, 0.15) is 0 Å². The standard InChI is InChI=1S/C14H21ClN2O/c1-8-14(15)11(17(2)16-8)7-12(18)13-9-5-3-4-6-10(9)13/h9-10,12-13,18H,3-7H2,1-2H3. The Morgan fingerprint density at radius 3 is 2.50 bits per heavy atom. The largest absolute Gasteiger partial charge is 0.392 e. The van der Waals surface area contributed by atoms with Gasteiger partial charge in [0, 0.05) is 13.5 Å². The quantitative estimate of drug-likeness (QED) is 0.915. The van der Waals surface area contributed by atoms with Crippen molar-refractivity contribution in [3.05, 3.63) is 16.4 Å². The van der Waals surface area contributed by atoms with Crippen molar-refractivity contribution in [3.63, 3.8) is 0 Å². The second kappa shape index (κ2) is 4.53. The average Bonchev–Trinajstić information content (AvgIpc) is 3.03. The molecule has 1 N–H and O–H groups in total. The minimum atomic E-state index is -0.245. The summed E-state index contributed by atoms with van der Waals surface area (Å²) in [6, 6.07) is 0. The number of aryl methyl sites for hydroxylation is 2. The van der Waals surface area contributed by atoms with Gasteiger partial charge in [0.15, 0.2) is 0 Å². The van der Waals surface area contributed by atoms with Gasteiger partial charge in [0.25, 0.3) is 0 Å². The zero-order valence-electron chi connectivity index (χ0n) is 11.1. The van der Waals surface area contributed by atoms with Crippen molar-refractivity contribution in [1.82, 2.24) is 9.78 Å². The summed E-state index contributed by atoms with van der Waals surface area (Å²) < 4.78 is 1.81. The average molecular weight is 269 g/mol. The molecule has 4 heteroatoms. The molecular weight excluding hydrogens is 248 g/mol. The highest BCUT2D eigenvalue weighted by Crippen LogP contribution is 2.57. The van der Waals surface area contributed by atoms with E-state index >= 15 is 0 Å². The molecule has 0 spiro atoms. The van der Waals surface area contributed by atoms with E-state index in [1.807, 2.05) is 18.7 Å². The Balaban J connectivity index is 1.69. The SMILES string of the molecule is Cc1nn(C)c(CC(O)C2C3CCCCC32)c1Cl. The Morgan fingerprint density at radius 2 is 2.00 bits per heavy atom. The topological polar surface area (TPSA) is 38.0 Å². The van der Waals surface area contributed by atoms with Crippen LogP contribution in [0.4, 0.5) is 0 Å². The number of hydrogen-bond donors (Lipinski definition) is 1. The predicted octanol–water partition coefficient (Wildman–Crippen LogP) is 2.72. The van der Waals surface area contributed by atoms with Crippen molar-refractivity contribution in [2.75, 3.05) is 0 Å². The number of rotatable bonds is 3. The van der Waals surface area contributed by atoms with E-state index in [1.165, 1.54) is 25.7 Å². The van der Waals surface area contributed by atoms with Gasteiger partial charge in [-0.1, -0.05) is 24.4 Å². The third kappa shape index (κ3) is 1.97. The highest BCUT2D eigenvalue weighted by Gasteiger charge is 2.53. The zero-order valence-corrected chi connectivity index (χ0v) is 11.8. The number of aliphatic hydroxyl groups excluding tert-OH is 1. The van der Waals surface area contributed by atoms with E-state index in [0.29, 0.717) is 12.3 Å². The van der Waals surface area contributed by atoms with Gasteiger partial charge in [-0.25, -0.2) is 0 Å². The molecule has 1 aromatic heterocycles. The van der Waals surface area contributed by atoms with E-state index in [-0.39, 0.29) is 6.10 Å². The summed E-state index contributed by atoms with van der Waals surface area (Å²) in [7, 11) is 1.90. The Hall–Kier alpha value is -0.540. The zero-order chi connectivity index (χ0) is 12.9. The molecule has 3 atom stereocenters. The lowest BCUT2D eigenvalue weighted by molar-refractivity contribution is 0.138. The van der Waals surface area contributed by atoms with Crippen molar-refractivity contribution in [2.24, 2.45) is 24.8 Å². The van der Waals surface area contributed by atoms with Gasteiger partial charge in [-0.15, -0.1) is 0 Å². The van der Waals surface area contributed by atoms with Crippen molar-refractivity contribution in [2.45, 2.75) is 45.1 Å². The highest BCUT2D eigenvalue weighted by molar-refractivity contribution is 6.31. The summed E-state index contributed by atoms with van der Waals surface area (Å²) in [4.78, 5) is 0. The van der Waals surface area contributed by atoms with Gasteiger partial charge < -0.3 is 5.11 Å². The molecule has 18 heavy (non-hydrogen) atoms. The Bertz CT molecular complexity index is 445. The minimum Gasteiger partial charge on any atom is -0.392 e. The number of aromatic nitrogens is 2. The number of halogens is 1. The van der Waals surface area contributed by atoms with Gasteiger partial charge in [0.05, 0.1) is 22.5 Å². The van der Waals surface area contributed by atoms with Gasteiger partial charge in [0.2, 0.25) is 0 Å². The fraction of sp³-hybridized carbons (Fsp3) is 0.786. The van der Waals surface area contributed by atoms with Crippen molar-refractivity contribution in [1.29, 1.82) is 0 Å². The minimum absolute atomic E-state index is 0.245. The smallest absolute Gasteiger partial charge is 0.0847 e. The van der Waals surface area contributed by atoms with Crippen LogP contribution in [0, 0.1) is 24.7 Å². The maximum atomic E-state index is 10.4. The van der Waals surface area contributed by atoms with Crippen LogP contribution in [0.5, 0.6) is 0 Å². The van der Waals surface area contributed by atoms with Gasteiger partial charge >= 0.3 is 0 Å². The van der Waals surface area contributed by atoms with Crippen molar-refractivity contribution < 1.29 is 5.11 Å². The van der Waals surface area contributed by atoms with Crippen LogP contribution in [0.2, 0.25) is 5.02 Å². The second-order valence-corrected chi connectivity index (χ2v) is 6.31. The first-order valence-electron chi connectivity index (χ1n) is 6.95. The summed E-state index contributed by atoms with van der Waals surface area (Å²) in [5, 5.41) is 15.5. The molecule has 2 saturated carbocycles. The molecule has 3 rings (SSSR count). The summed E-state index contributed by atoms with van der Waals surface area (Å²) in [6.07, 6.45) is 5.71. The summed E-state index contributed by atoms with van der Waals surface area (Å²) >= 11 is 6.24. The van der Waals surface area contributed by atoms with Gasteiger partial charge in [-0.05, 0) is 37.5 Å². The van der Waals surface area contributed by atoms with Crippen molar-refractivity contribution in [3.8, 4) is 0 Å². The Kier molecular flexibility index (Phi) is 3.15. The first-order valence-corrected chi connectivity index (χ1v) is 7.33. The molecule has 1 aromatic rings. The lowest BCUT2D eigenvalue weighted by atomic mass is 10.0. The second-order valence-electron chi connectivity index (χ2n) is 5.93. The predicted molar refractivity (Wildman–Crippen MR) is 71.6 cm³/mol. The number of aliphatic hydroxyl groups is 1. The lowest BCUT2D eigenvalue weighted by Crippen LogP contribution is -2.17. The number of hydrogen-bond acceptors (Lipinski definition) is 2. The van der Waals surface area contributed by atoms with E-state index in [1.54, 1.807) is 0 Å². The third-order valence-electron chi connectivity index (χ3n) is 4.83. The summed E-state index contributed by atoms with van der Waals surface area (Å²) in [5.74, 6) is 2.07. The highest BCUT2D eigenvalue weighted by atomic mass is 35.5. The fourth-order valence-electron chi connectivity index (χ4n) is 3.85. The first kappa shape index (κ1) is 12.5. The number of nitrogens with zero attached hydrogens (tertiary/aromatic N) is 2. The van der Waals surface area contributed by atoms with Crippen LogP contribution in [-0.4, -0.2) is 21.0 Å². The van der Waals surface area contributed by atoms with E-state index in [4.69, 9.17) is 11.6 Å². The molecule has 0 bridgehead atoms. The van der Waals surface area contributed by atoms with Gasteiger partial charge in [-0.3, -0.25) is 4.68 Å². The Labute approximate surface area is 113 Å². The monoisotopic (exact) mass is 268 g/mol. The van der Waals surface area contributed by atoms with Crippen LogP contribution < -0.4 is 0 Å². The molecule has 1 heterocycles. The maximum absolute atomic E-state index is 10.4. The lowest BCUT2D eigenvalue weighted by Gasteiger charge is -2.11. The summed E-state index contributed by atoms with van der Waals surface area (Å²) in [6.45, 7) is 1.91. The third-order valence-corrected chi connectivity index (χ3v) is 5.32. The van der Waals surface area contributed by atoms with E-state index in [9.17, 15) is 5.11 Å². The molecule has 2 aliphatic rings. The summed E-state index contributed by atoms with van der Waals surface area (Å²) in [5.41, 5.74) is 1.83. The molecule has 0 aromatic carbocycles. The molecule has 0 saturated heterocycles. The van der Waals surface area contributed by atoms with Crippen LogP contribution in [-0.2, 0) is 13.5 Å². The number of fused-ring (bicyclic) bond motifs is 1. The molecule has 0 amide bonds. The van der Waals surface area contributed by atoms with Crippen LogP contribution in [0.3, 0.4) is 0 Å². The van der Waals surface area contributed by atoms with Crippen LogP contribution in [0.15, 0.2) is 0 Å². The molecule has 2 aliphatic carbocycles. The maximum Gasteiger partial charge on any atom is 0.0847 e. The molecular formula is C14H21ClN2O. The normalized spacial score (nSPS) is 32.1. The Morgan fingerprint density at radius 1 is 1.39 bits per heavy atom. The molecule has 2 fully saturated rings.